The number of nitrogens with zero attached hydrogens (tertiary/aromatic N) is 1. The summed E-state index contributed by atoms with van der Waals surface area (Å²) < 4.78 is 10.9. The van der Waals surface area contributed by atoms with Crippen LogP contribution < -0.4 is 31.6 Å². The predicted octanol–water partition coefficient (Wildman–Crippen LogP) is 4.57. The lowest BCUT2D eigenvalue weighted by Crippen LogP contribution is -2.41. The van der Waals surface area contributed by atoms with Crippen LogP contribution in [0.4, 0.5) is 11.4 Å². The molecule has 2 aromatic carbocycles. The number of rotatable bonds is 11. The average Bonchev–Trinajstić information content (AvgIpc) is 2.95. The van der Waals surface area contributed by atoms with E-state index in [2.05, 4.69) is 15.6 Å². The Labute approximate surface area is 229 Å². The number of benzene rings is 2. The summed E-state index contributed by atoms with van der Waals surface area (Å²) in [6.45, 7) is 2.41. The van der Waals surface area contributed by atoms with Gasteiger partial charge in [-0.3, -0.25) is 14.6 Å². The van der Waals surface area contributed by atoms with Gasteiger partial charge in [-0.2, -0.15) is 0 Å². The van der Waals surface area contributed by atoms with Gasteiger partial charge in [-0.1, -0.05) is 51.2 Å². The minimum absolute atomic E-state index is 0.127. The number of amides is 2. The molecule has 2 amide bonds. The Kier molecular flexibility index (Phi) is 9.24. The fraction of sp³-hybridized carbons (Fsp3) is 0.433. The molecule has 3 aromatic rings. The van der Waals surface area contributed by atoms with Crippen LogP contribution in [0.25, 0.3) is 10.9 Å². The van der Waals surface area contributed by atoms with E-state index in [0.29, 0.717) is 47.0 Å². The molecule has 6 N–H and O–H groups in total. The van der Waals surface area contributed by atoms with E-state index in [1.807, 2.05) is 25.1 Å². The number of aromatic nitrogens is 1. The smallest absolute Gasteiger partial charge is 0.252 e. The Morgan fingerprint density at radius 2 is 1.82 bits per heavy atom. The van der Waals surface area contributed by atoms with Crippen LogP contribution in [0.2, 0.25) is 0 Å². The van der Waals surface area contributed by atoms with Crippen molar-refractivity contribution in [2.24, 2.45) is 17.4 Å². The largest absolute Gasteiger partial charge is 0.493 e. The van der Waals surface area contributed by atoms with Gasteiger partial charge in [0.25, 0.3) is 5.91 Å². The monoisotopic (exact) mass is 533 g/mol. The molecule has 1 aliphatic carbocycles. The van der Waals surface area contributed by atoms with Crippen LogP contribution in [-0.4, -0.2) is 37.1 Å². The molecule has 1 fully saturated rings. The average molecular weight is 534 g/mol. The molecule has 0 unspecified atom stereocenters. The first kappa shape index (κ1) is 28.2. The second kappa shape index (κ2) is 12.8. The van der Waals surface area contributed by atoms with Crippen LogP contribution in [0.5, 0.6) is 11.5 Å². The summed E-state index contributed by atoms with van der Waals surface area (Å²) in [5.41, 5.74) is 16.2. The molecule has 9 nitrogen and oxygen atoms in total. The van der Waals surface area contributed by atoms with Gasteiger partial charge >= 0.3 is 0 Å². The number of nitrogens with one attached hydrogen (secondary N) is 2. The van der Waals surface area contributed by atoms with E-state index in [-0.39, 0.29) is 11.5 Å². The Bertz CT molecular complexity index is 1340. The Morgan fingerprint density at radius 1 is 1.10 bits per heavy atom. The summed E-state index contributed by atoms with van der Waals surface area (Å²) in [7, 11) is 3.11. The lowest BCUT2D eigenvalue weighted by atomic mass is 9.85. The van der Waals surface area contributed by atoms with Crippen molar-refractivity contribution in [3.05, 3.63) is 53.2 Å². The van der Waals surface area contributed by atoms with E-state index < -0.39 is 11.9 Å². The molecule has 1 saturated carbocycles. The summed E-state index contributed by atoms with van der Waals surface area (Å²) in [6, 6.07) is 8.88. The molecule has 0 radical (unpaired) electrons. The number of anilines is 2. The number of hydrogen-bond donors (Lipinski definition) is 4. The minimum Gasteiger partial charge on any atom is -0.493 e. The van der Waals surface area contributed by atoms with Crippen LogP contribution in [0, 0.1) is 5.92 Å². The molecule has 0 bridgehead atoms. The molecular formula is C30H39N5O4. The molecule has 208 valence electrons. The summed E-state index contributed by atoms with van der Waals surface area (Å²) in [5.74, 6) is 0.844. The van der Waals surface area contributed by atoms with Crippen molar-refractivity contribution in [2.45, 2.75) is 64.5 Å². The third-order valence-electron chi connectivity index (χ3n) is 7.63. The van der Waals surface area contributed by atoms with Crippen LogP contribution in [0.3, 0.4) is 0 Å². The lowest BCUT2D eigenvalue weighted by molar-refractivity contribution is -0.123. The maximum atomic E-state index is 12.8. The number of methoxy groups -OCH3 is 2. The Hall–Kier alpha value is -3.85. The van der Waals surface area contributed by atoms with E-state index in [9.17, 15) is 9.59 Å². The number of carbonyl (C=O) groups excluding carboxylic acids is 2. The molecule has 1 atom stereocenters. The van der Waals surface area contributed by atoms with Gasteiger partial charge in [0.2, 0.25) is 5.91 Å². The molecule has 9 heteroatoms. The maximum absolute atomic E-state index is 12.8. The summed E-state index contributed by atoms with van der Waals surface area (Å²) in [4.78, 5) is 29.6. The lowest BCUT2D eigenvalue weighted by Gasteiger charge is -2.24. The Morgan fingerprint density at radius 3 is 2.49 bits per heavy atom. The standard InChI is InChI=1S/C30H39N5O4/c1-4-20-19(16-34-30(37)23(31)13-18-9-6-5-7-10-18)11-8-12-24(20)35-28-21-14-26(38-2)27(39-3)15-25(21)33-17-22(28)29(32)36/h8,11-12,14-15,17-18,23H,4-7,9-10,13,16,31H2,1-3H3,(H2,32,36)(H,33,35)(H,34,37)/t23-/m0/s1. The second-order valence-electron chi connectivity index (χ2n) is 10.1. The number of carbonyl (C=O) groups is 2. The predicted molar refractivity (Wildman–Crippen MR) is 153 cm³/mol. The van der Waals surface area contributed by atoms with Gasteiger partial charge in [-0.15, -0.1) is 0 Å². The van der Waals surface area contributed by atoms with E-state index in [0.717, 1.165) is 36.1 Å². The normalized spacial score (nSPS) is 14.6. The van der Waals surface area contributed by atoms with Crippen molar-refractivity contribution in [1.29, 1.82) is 0 Å². The quantitative estimate of drug-likeness (QED) is 0.283. The van der Waals surface area contributed by atoms with Crippen molar-refractivity contribution in [3.63, 3.8) is 0 Å². The SMILES string of the molecule is CCc1c(CNC(=O)[C@@H](N)CC2CCCCC2)cccc1Nc1c(C(N)=O)cnc2cc(OC)c(OC)cc12. The zero-order valence-electron chi connectivity index (χ0n) is 23.0. The van der Waals surface area contributed by atoms with Gasteiger partial charge in [-0.05, 0) is 42.0 Å². The number of ether oxygens (including phenoxy) is 2. The molecular weight excluding hydrogens is 494 g/mol. The third kappa shape index (κ3) is 6.42. The van der Waals surface area contributed by atoms with Gasteiger partial charge in [0, 0.05) is 29.9 Å². The highest BCUT2D eigenvalue weighted by Crippen LogP contribution is 2.38. The van der Waals surface area contributed by atoms with Gasteiger partial charge in [0.05, 0.1) is 37.0 Å². The molecule has 1 aromatic heterocycles. The van der Waals surface area contributed by atoms with Crippen LogP contribution >= 0.6 is 0 Å². The summed E-state index contributed by atoms with van der Waals surface area (Å²) >= 11 is 0. The fourth-order valence-corrected chi connectivity index (χ4v) is 5.51. The molecule has 0 aliphatic heterocycles. The first-order chi connectivity index (χ1) is 18.9. The van der Waals surface area contributed by atoms with E-state index in [1.165, 1.54) is 25.5 Å². The first-order valence-electron chi connectivity index (χ1n) is 13.6. The zero-order valence-corrected chi connectivity index (χ0v) is 23.0. The highest BCUT2D eigenvalue weighted by molar-refractivity contribution is 6.08. The number of pyridine rings is 1. The molecule has 0 spiro atoms. The zero-order chi connectivity index (χ0) is 27.9. The summed E-state index contributed by atoms with van der Waals surface area (Å²) in [5, 5.41) is 7.14. The van der Waals surface area contributed by atoms with Gasteiger partial charge in [0.15, 0.2) is 11.5 Å². The van der Waals surface area contributed by atoms with E-state index in [4.69, 9.17) is 20.9 Å². The first-order valence-corrected chi connectivity index (χ1v) is 13.6. The number of primary amides is 1. The highest BCUT2D eigenvalue weighted by Gasteiger charge is 2.22. The molecule has 0 saturated heterocycles. The summed E-state index contributed by atoms with van der Waals surface area (Å²) in [6.07, 6.45) is 8.94. The molecule has 1 aliphatic rings. The molecule has 39 heavy (non-hydrogen) atoms. The van der Waals surface area contributed by atoms with Crippen molar-refractivity contribution in [3.8, 4) is 11.5 Å². The Balaban J connectivity index is 1.60. The fourth-order valence-electron chi connectivity index (χ4n) is 5.51. The molecule has 4 rings (SSSR count). The van der Waals surface area contributed by atoms with Gasteiger partial charge in [-0.25, -0.2) is 0 Å². The van der Waals surface area contributed by atoms with E-state index in [1.54, 1.807) is 26.4 Å². The number of nitrogens with two attached hydrogens (primary N) is 2. The van der Waals surface area contributed by atoms with Gasteiger partial charge in [0.1, 0.15) is 0 Å². The van der Waals surface area contributed by atoms with E-state index >= 15 is 0 Å². The third-order valence-corrected chi connectivity index (χ3v) is 7.63. The van der Waals surface area contributed by atoms with Crippen molar-refractivity contribution in [1.82, 2.24) is 10.3 Å². The van der Waals surface area contributed by atoms with Crippen LogP contribution in [0.15, 0.2) is 36.5 Å². The molecule has 1 heterocycles. The van der Waals surface area contributed by atoms with Crippen molar-refractivity contribution in [2.75, 3.05) is 19.5 Å². The number of fused-ring (bicyclic) bond motifs is 1. The second-order valence-corrected chi connectivity index (χ2v) is 10.1. The minimum atomic E-state index is -0.602. The van der Waals surface area contributed by atoms with Gasteiger partial charge < -0.3 is 31.6 Å². The van der Waals surface area contributed by atoms with Crippen molar-refractivity contribution >= 4 is 34.1 Å². The highest BCUT2D eigenvalue weighted by atomic mass is 16.5. The van der Waals surface area contributed by atoms with Crippen LogP contribution in [0.1, 0.15) is 66.9 Å². The maximum Gasteiger partial charge on any atom is 0.252 e. The number of hydrogen-bond acceptors (Lipinski definition) is 7. The topological polar surface area (TPSA) is 142 Å². The van der Waals surface area contributed by atoms with Crippen LogP contribution in [-0.2, 0) is 17.8 Å². The van der Waals surface area contributed by atoms with Crippen molar-refractivity contribution < 1.29 is 19.1 Å².